The second kappa shape index (κ2) is 12.3. The van der Waals surface area contributed by atoms with Crippen molar-refractivity contribution in [2.45, 2.75) is 48.2 Å². The number of benzene rings is 4. The molecule has 0 radical (unpaired) electrons. The van der Waals surface area contributed by atoms with Crippen molar-refractivity contribution in [1.82, 2.24) is 21.3 Å². The molecule has 0 amide bonds. The van der Waals surface area contributed by atoms with E-state index in [9.17, 15) is 9.59 Å². The average molecular weight is 643 g/mol. The number of rotatable bonds is 11. The van der Waals surface area contributed by atoms with Gasteiger partial charge in [-0.3, -0.25) is 30.9 Å². The van der Waals surface area contributed by atoms with Crippen LogP contribution in [0.1, 0.15) is 47.9 Å². The van der Waals surface area contributed by atoms with Gasteiger partial charge in [0.2, 0.25) is 11.7 Å². The fraction of sp³-hybridized carbons (Fsp3) is 0.350. The third kappa shape index (κ3) is 5.24. The molecule has 4 aromatic rings. The molecule has 0 aromatic heterocycles. The summed E-state index contributed by atoms with van der Waals surface area (Å²) < 4.78 is 12.6. The van der Waals surface area contributed by atoms with Crippen LogP contribution in [-0.2, 0) is 29.9 Å². The highest BCUT2D eigenvalue weighted by molar-refractivity contribution is 5.78. The van der Waals surface area contributed by atoms with Crippen LogP contribution in [0.4, 0.5) is 0 Å². The van der Waals surface area contributed by atoms with Gasteiger partial charge in [-0.2, -0.15) is 0 Å². The van der Waals surface area contributed by atoms with Gasteiger partial charge in [0.25, 0.3) is 0 Å². The molecule has 2 atom stereocenters. The van der Waals surface area contributed by atoms with E-state index in [2.05, 4.69) is 118 Å². The lowest BCUT2D eigenvalue weighted by atomic mass is 9.84. The summed E-state index contributed by atoms with van der Waals surface area (Å²) >= 11 is 0. The van der Waals surface area contributed by atoms with Gasteiger partial charge in [-0.1, -0.05) is 121 Å². The summed E-state index contributed by atoms with van der Waals surface area (Å²) in [6, 6.07) is 41.8. The number of nitrogens with one attached hydrogen (secondary N) is 4. The number of hydrogen-bond acceptors (Lipinski definition) is 8. The van der Waals surface area contributed by atoms with Gasteiger partial charge in [0.1, 0.15) is 0 Å². The quantitative estimate of drug-likeness (QED) is 0.177. The summed E-state index contributed by atoms with van der Waals surface area (Å²) in [5.41, 5.74) is 4.18. The topological polar surface area (TPSA) is 101 Å². The molecular formula is C40H42N4O4. The van der Waals surface area contributed by atoms with E-state index in [1.54, 1.807) is 0 Å². The minimum atomic E-state index is -1.03. The lowest BCUT2D eigenvalue weighted by Gasteiger charge is -2.34. The molecule has 8 rings (SSSR count). The molecule has 48 heavy (non-hydrogen) atoms. The zero-order valence-electron chi connectivity index (χ0n) is 27.0. The molecule has 2 aliphatic carbocycles. The number of carbonyl (C=O) groups is 2. The highest BCUT2D eigenvalue weighted by Gasteiger charge is 2.69. The first-order valence-electron chi connectivity index (χ1n) is 17.2. The van der Waals surface area contributed by atoms with Crippen LogP contribution in [0, 0.1) is 11.8 Å². The van der Waals surface area contributed by atoms with E-state index in [0.717, 1.165) is 12.8 Å². The molecule has 2 saturated heterocycles. The first-order chi connectivity index (χ1) is 23.5. The van der Waals surface area contributed by atoms with Crippen LogP contribution >= 0.6 is 0 Å². The largest absolute Gasteiger partial charge is 0.430 e. The van der Waals surface area contributed by atoms with Gasteiger partial charge >= 0.3 is 11.9 Å². The van der Waals surface area contributed by atoms with Gasteiger partial charge in [-0.15, -0.1) is 0 Å². The Hall–Kier alpha value is -4.34. The molecule has 2 unspecified atom stereocenters. The van der Waals surface area contributed by atoms with E-state index in [1.165, 1.54) is 22.3 Å². The van der Waals surface area contributed by atoms with Crippen molar-refractivity contribution in [1.29, 1.82) is 0 Å². The average Bonchev–Trinajstić information content (AvgIpc) is 3.98. The summed E-state index contributed by atoms with van der Waals surface area (Å²) in [4.78, 5) is 27.0. The van der Waals surface area contributed by atoms with E-state index >= 15 is 0 Å². The molecule has 4 N–H and O–H groups in total. The number of ether oxygens (including phenoxy) is 2. The van der Waals surface area contributed by atoms with Crippen LogP contribution < -0.4 is 21.3 Å². The van der Waals surface area contributed by atoms with Crippen molar-refractivity contribution in [3.63, 3.8) is 0 Å². The molecule has 4 fully saturated rings. The third-order valence-corrected chi connectivity index (χ3v) is 10.9. The summed E-state index contributed by atoms with van der Waals surface area (Å²) in [5, 5.41) is 13.9. The summed E-state index contributed by atoms with van der Waals surface area (Å²) in [7, 11) is 0. The molecule has 246 valence electrons. The molecule has 4 aromatic carbocycles. The monoisotopic (exact) mass is 642 g/mol. The standard InChI is InChI=1S/C40H42N4O4/c45-35(47-39(41-23-24-42-39)33-27-37(33,29-13-5-1-6-14-29)30-15-7-2-8-16-30)21-22-36(46)48-40(43-25-26-44-40)34-28-38(34,31-17-9-3-10-18-31)32-19-11-4-12-20-32/h1-20,33-34,41-44H,21-28H2. The molecule has 8 nitrogen and oxygen atoms in total. The SMILES string of the molecule is O=C(CCC(=O)OC1(C2CC2(c2ccccc2)c2ccccc2)NCCN1)OC1(C2CC2(c2ccccc2)c2ccccc2)NCCN1. The molecule has 0 spiro atoms. The summed E-state index contributed by atoms with van der Waals surface area (Å²) in [6.07, 6.45) is 1.48. The van der Waals surface area contributed by atoms with Crippen molar-refractivity contribution in [3.8, 4) is 0 Å². The maximum absolute atomic E-state index is 13.5. The van der Waals surface area contributed by atoms with Crippen LogP contribution in [0.5, 0.6) is 0 Å². The van der Waals surface area contributed by atoms with Crippen molar-refractivity contribution in [2.75, 3.05) is 26.2 Å². The number of hydrogen-bond donors (Lipinski definition) is 4. The maximum atomic E-state index is 13.5. The first kappa shape index (κ1) is 31.0. The van der Waals surface area contributed by atoms with Crippen LogP contribution in [-0.4, -0.2) is 49.8 Å². The van der Waals surface area contributed by atoms with Crippen LogP contribution in [0.3, 0.4) is 0 Å². The van der Waals surface area contributed by atoms with Crippen LogP contribution in [0.2, 0.25) is 0 Å². The molecule has 8 heteroatoms. The lowest BCUT2D eigenvalue weighted by molar-refractivity contribution is -0.176. The Morgan fingerprint density at radius 2 is 0.750 bits per heavy atom. The molecular weight excluding hydrogens is 600 g/mol. The van der Waals surface area contributed by atoms with Gasteiger partial charge in [0.15, 0.2) is 0 Å². The van der Waals surface area contributed by atoms with Gasteiger partial charge in [0, 0.05) is 48.8 Å². The third-order valence-electron chi connectivity index (χ3n) is 10.9. The number of esters is 2. The Kier molecular flexibility index (Phi) is 7.92. The van der Waals surface area contributed by atoms with Gasteiger partial charge in [-0.25, -0.2) is 0 Å². The van der Waals surface area contributed by atoms with E-state index < -0.39 is 23.6 Å². The van der Waals surface area contributed by atoms with E-state index in [-0.39, 0.29) is 35.5 Å². The fourth-order valence-electron chi connectivity index (χ4n) is 8.62. The normalized spacial score (nSPS) is 24.0. The minimum absolute atomic E-state index is 0.0256. The second-order valence-electron chi connectivity index (χ2n) is 13.5. The van der Waals surface area contributed by atoms with Gasteiger partial charge < -0.3 is 9.47 Å². The predicted molar refractivity (Wildman–Crippen MR) is 182 cm³/mol. The molecule has 0 bridgehead atoms. The fourth-order valence-corrected chi connectivity index (χ4v) is 8.62. The predicted octanol–water partition coefficient (Wildman–Crippen LogP) is 4.56. The Labute approximate surface area is 281 Å². The minimum Gasteiger partial charge on any atom is -0.430 e. The smallest absolute Gasteiger partial charge is 0.309 e. The van der Waals surface area contributed by atoms with Gasteiger partial charge in [0.05, 0.1) is 12.8 Å². The lowest BCUT2D eigenvalue weighted by Crippen LogP contribution is -2.57. The highest BCUT2D eigenvalue weighted by Crippen LogP contribution is 2.64. The Morgan fingerprint density at radius 1 is 0.479 bits per heavy atom. The summed E-state index contributed by atoms with van der Waals surface area (Å²) in [5.74, 6) is -2.98. The number of carbonyl (C=O) groups excluding carboxylic acids is 2. The zero-order chi connectivity index (χ0) is 32.7. The molecule has 2 heterocycles. The Balaban J connectivity index is 0.970. The van der Waals surface area contributed by atoms with E-state index in [1.807, 2.05) is 24.3 Å². The summed E-state index contributed by atoms with van der Waals surface area (Å²) in [6.45, 7) is 2.71. The van der Waals surface area contributed by atoms with Crippen LogP contribution in [0.15, 0.2) is 121 Å². The Morgan fingerprint density at radius 3 is 1.02 bits per heavy atom. The first-order valence-corrected chi connectivity index (χ1v) is 17.2. The van der Waals surface area contributed by atoms with Gasteiger partial charge in [-0.05, 0) is 35.1 Å². The second-order valence-corrected chi connectivity index (χ2v) is 13.5. The highest BCUT2D eigenvalue weighted by atomic mass is 16.6. The van der Waals surface area contributed by atoms with E-state index in [4.69, 9.17) is 9.47 Å². The van der Waals surface area contributed by atoms with Crippen molar-refractivity contribution in [3.05, 3.63) is 144 Å². The molecule has 2 aliphatic heterocycles. The molecule has 4 aliphatic rings. The maximum Gasteiger partial charge on any atom is 0.309 e. The van der Waals surface area contributed by atoms with Crippen LogP contribution in [0.25, 0.3) is 0 Å². The zero-order valence-corrected chi connectivity index (χ0v) is 27.0. The van der Waals surface area contributed by atoms with Crippen molar-refractivity contribution < 1.29 is 19.1 Å². The Bertz CT molecular complexity index is 1530. The van der Waals surface area contributed by atoms with E-state index in [0.29, 0.717) is 26.2 Å². The van der Waals surface area contributed by atoms with Crippen molar-refractivity contribution in [2.24, 2.45) is 11.8 Å². The van der Waals surface area contributed by atoms with Crippen molar-refractivity contribution >= 4 is 11.9 Å². The molecule has 2 saturated carbocycles.